The third-order valence-electron chi connectivity index (χ3n) is 4.29. The first-order chi connectivity index (χ1) is 11.6. The van der Waals surface area contributed by atoms with E-state index in [1.54, 1.807) is 7.11 Å². The van der Waals surface area contributed by atoms with Crippen LogP contribution in [0.15, 0.2) is 30.3 Å². The van der Waals surface area contributed by atoms with E-state index in [0.29, 0.717) is 6.42 Å². The largest absolute Gasteiger partial charge is 0.496 e. The molecule has 0 fully saturated rings. The summed E-state index contributed by atoms with van der Waals surface area (Å²) in [5, 5.41) is 9.53. The molecule has 0 saturated heterocycles. The maximum atomic E-state index is 13.5. The number of methoxy groups -OCH3 is 1. The van der Waals surface area contributed by atoms with Crippen molar-refractivity contribution in [3.05, 3.63) is 64.0 Å². The number of rotatable bonds is 5. The van der Waals surface area contributed by atoms with Crippen LogP contribution >= 0.6 is 0 Å². The molecule has 0 radical (unpaired) electrons. The summed E-state index contributed by atoms with van der Waals surface area (Å²) in [7, 11) is 1.56. The SMILES string of the molecule is COc1c(C)ccc(CCc2cc(F)ccc2C(O)C(F)(F)F)c1C. The van der Waals surface area contributed by atoms with Crippen molar-refractivity contribution in [2.75, 3.05) is 7.11 Å². The molecule has 25 heavy (non-hydrogen) atoms. The minimum Gasteiger partial charge on any atom is -0.496 e. The second-order valence-corrected chi connectivity index (χ2v) is 5.99. The lowest BCUT2D eigenvalue weighted by molar-refractivity contribution is -0.207. The van der Waals surface area contributed by atoms with E-state index in [2.05, 4.69) is 0 Å². The second-order valence-electron chi connectivity index (χ2n) is 5.99. The Balaban J connectivity index is 2.31. The van der Waals surface area contributed by atoms with Crippen molar-refractivity contribution < 1.29 is 27.4 Å². The lowest BCUT2D eigenvalue weighted by Gasteiger charge is -2.19. The molecule has 1 unspecified atom stereocenters. The zero-order chi connectivity index (χ0) is 18.8. The number of hydrogen-bond donors (Lipinski definition) is 1. The molecule has 0 aromatic heterocycles. The van der Waals surface area contributed by atoms with Crippen molar-refractivity contribution >= 4 is 0 Å². The summed E-state index contributed by atoms with van der Waals surface area (Å²) in [5.74, 6) is 0.0959. The van der Waals surface area contributed by atoms with Gasteiger partial charge in [0.2, 0.25) is 0 Å². The number of aliphatic hydroxyl groups is 1. The highest BCUT2D eigenvalue weighted by atomic mass is 19.4. The van der Waals surface area contributed by atoms with Gasteiger partial charge in [-0.1, -0.05) is 18.2 Å². The molecule has 0 heterocycles. The van der Waals surface area contributed by atoms with Gasteiger partial charge in [0.05, 0.1) is 7.11 Å². The predicted molar refractivity (Wildman–Crippen MR) is 87.3 cm³/mol. The van der Waals surface area contributed by atoms with Crippen molar-refractivity contribution in [3.8, 4) is 5.75 Å². The maximum Gasteiger partial charge on any atom is 0.418 e. The van der Waals surface area contributed by atoms with E-state index in [9.17, 15) is 22.7 Å². The summed E-state index contributed by atoms with van der Waals surface area (Å²) in [6, 6.07) is 6.72. The molecule has 2 aromatic carbocycles. The van der Waals surface area contributed by atoms with Crippen LogP contribution in [0.25, 0.3) is 0 Å². The molecule has 136 valence electrons. The zero-order valence-corrected chi connectivity index (χ0v) is 14.2. The number of halogens is 4. The van der Waals surface area contributed by atoms with Crippen LogP contribution < -0.4 is 4.74 Å². The van der Waals surface area contributed by atoms with Crippen LogP contribution in [-0.2, 0) is 12.8 Å². The summed E-state index contributed by atoms with van der Waals surface area (Å²) >= 11 is 0. The zero-order valence-electron chi connectivity index (χ0n) is 14.2. The van der Waals surface area contributed by atoms with Crippen LogP contribution in [0.1, 0.15) is 33.9 Å². The van der Waals surface area contributed by atoms with E-state index in [1.165, 1.54) is 0 Å². The van der Waals surface area contributed by atoms with Gasteiger partial charge < -0.3 is 9.84 Å². The van der Waals surface area contributed by atoms with Gasteiger partial charge >= 0.3 is 6.18 Å². The van der Waals surface area contributed by atoms with Crippen LogP contribution in [0.2, 0.25) is 0 Å². The van der Waals surface area contributed by atoms with Crippen LogP contribution in [-0.4, -0.2) is 18.4 Å². The summed E-state index contributed by atoms with van der Waals surface area (Å²) in [5.41, 5.74) is 2.59. The Labute approximate surface area is 144 Å². The molecule has 2 aromatic rings. The van der Waals surface area contributed by atoms with Crippen LogP contribution in [0.3, 0.4) is 0 Å². The Bertz CT molecular complexity index is 754. The Morgan fingerprint density at radius 2 is 1.68 bits per heavy atom. The van der Waals surface area contributed by atoms with E-state index in [0.717, 1.165) is 40.6 Å². The molecule has 0 saturated carbocycles. The van der Waals surface area contributed by atoms with Crippen molar-refractivity contribution in [2.45, 2.75) is 39.0 Å². The summed E-state index contributed by atoms with van der Waals surface area (Å²) < 4.78 is 57.3. The molecular weight excluding hydrogens is 336 g/mol. The highest BCUT2D eigenvalue weighted by molar-refractivity contribution is 5.45. The summed E-state index contributed by atoms with van der Waals surface area (Å²) in [4.78, 5) is 0. The van der Waals surface area contributed by atoms with Gasteiger partial charge in [0, 0.05) is 0 Å². The van der Waals surface area contributed by atoms with Crippen LogP contribution in [0.4, 0.5) is 17.6 Å². The molecule has 0 aliphatic carbocycles. The van der Waals surface area contributed by atoms with Crippen molar-refractivity contribution in [1.29, 1.82) is 0 Å². The topological polar surface area (TPSA) is 29.5 Å². The fraction of sp³-hybridized carbons (Fsp3) is 0.368. The number of aryl methyl sites for hydroxylation is 3. The van der Waals surface area contributed by atoms with Gasteiger partial charge in [0.1, 0.15) is 11.6 Å². The second kappa shape index (κ2) is 7.44. The summed E-state index contributed by atoms with van der Waals surface area (Å²) in [6.45, 7) is 3.78. The third-order valence-corrected chi connectivity index (χ3v) is 4.29. The minimum atomic E-state index is -4.80. The predicted octanol–water partition coefficient (Wildman–Crippen LogP) is 4.83. The number of benzene rings is 2. The van der Waals surface area contributed by atoms with Gasteiger partial charge in [0.25, 0.3) is 0 Å². The highest BCUT2D eigenvalue weighted by Crippen LogP contribution is 2.35. The normalized spacial score (nSPS) is 13.0. The molecule has 2 nitrogen and oxygen atoms in total. The van der Waals surface area contributed by atoms with Crippen LogP contribution in [0.5, 0.6) is 5.75 Å². The minimum absolute atomic E-state index is 0.142. The number of ether oxygens (including phenoxy) is 1. The average Bonchev–Trinajstić information content (AvgIpc) is 2.53. The molecule has 0 aliphatic heterocycles. The smallest absolute Gasteiger partial charge is 0.418 e. The van der Waals surface area contributed by atoms with Crippen molar-refractivity contribution in [1.82, 2.24) is 0 Å². The van der Waals surface area contributed by atoms with Crippen LogP contribution in [0, 0.1) is 19.7 Å². The van der Waals surface area contributed by atoms with Gasteiger partial charge in [-0.05, 0) is 66.6 Å². The monoisotopic (exact) mass is 356 g/mol. The third kappa shape index (κ3) is 4.31. The fourth-order valence-electron chi connectivity index (χ4n) is 2.96. The molecule has 0 spiro atoms. The maximum absolute atomic E-state index is 13.5. The fourth-order valence-corrected chi connectivity index (χ4v) is 2.96. The standard InChI is InChI=1S/C19H20F4O2/c1-11-4-5-13(12(2)17(11)25-3)6-7-14-10-15(20)8-9-16(14)18(24)19(21,22)23/h4-5,8-10,18,24H,6-7H2,1-3H3. The number of alkyl halides is 3. The first-order valence-electron chi connectivity index (χ1n) is 7.81. The highest BCUT2D eigenvalue weighted by Gasteiger charge is 2.40. The molecular formula is C19H20F4O2. The van der Waals surface area contributed by atoms with E-state index in [-0.39, 0.29) is 17.5 Å². The molecule has 0 amide bonds. The Kier molecular flexibility index (Phi) is 5.72. The Morgan fingerprint density at radius 3 is 2.28 bits per heavy atom. The van der Waals surface area contributed by atoms with E-state index in [1.807, 2.05) is 26.0 Å². The number of hydrogen-bond acceptors (Lipinski definition) is 2. The van der Waals surface area contributed by atoms with Gasteiger partial charge in [-0.2, -0.15) is 13.2 Å². The van der Waals surface area contributed by atoms with E-state index in [4.69, 9.17) is 4.74 Å². The molecule has 0 bridgehead atoms. The molecule has 2 rings (SSSR count). The van der Waals surface area contributed by atoms with E-state index >= 15 is 0 Å². The van der Waals surface area contributed by atoms with E-state index < -0.39 is 18.1 Å². The average molecular weight is 356 g/mol. The first kappa shape index (κ1) is 19.2. The quantitative estimate of drug-likeness (QED) is 0.778. The molecule has 1 atom stereocenters. The molecule has 1 N–H and O–H groups in total. The lowest BCUT2D eigenvalue weighted by Crippen LogP contribution is -2.21. The van der Waals surface area contributed by atoms with Gasteiger partial charge in [-0.25, -0.2) is 4.39 Å². The van der Waals surface area contributed by atoms with Gasteiger partial charge in [0.15, 0.2) is 6.10 Å². The van der Waals surface area contributed by atoms with Crippen molar-refractivity contribution in [3.63, 3.8) is 0 Å². The summed E-state index contributed by atoms with van der Waals surface area (Å²) in [6.07, 6.45) is -6.84. The van der Waals surface area contributed by atoms with Gasteiger partial charge in [-0.15, -0.1) is 0 Å². The Morgan fingerprint density at radius 1 is 1.04 bits per heavy atom. The molecule has 0 aliphatic rings. The number of aliphatic hydroxyl groups excluding tert-OH is 1. The Hall–Kier alpha value is -2.08. The van der Waals surface area contributed by atoms with Gasteiger partial charge in [-0.3, -0.25) is 0 Å². The van der Waals surface area contributed by atoms with Crippen molar-refractivity contribution in [2.24, 2.45) is 0 Å². The first-order valence-corrected chi connectivity index (χ1v) is 7.81. The molecule has 6 heteroatoms. The lowest BCUT2D eigenvalue weighted by atomic mass is 9.94.